The molecule has 0 radical (unpaired) electrons. The predicted octanol–water partition coefficient (Wildman–Crippen LogP) is 5.12. The molecule has 1 fully saturated rings. The summed E-state index contributed by atoms with van der Waals surface area (Å²) >= 11 is 4.30. The van der Waals surface area contributed by atoms with Crippen LogP contribution in [-0.2, 0) is 17.6 Å². The van der Waals surface area contributed by atoms with E-state index in [0.717, 1.165) is 55.2 Å². The summed E-state index contributed by atoms with van der Waals surface area (Å²) in [6.45, 7) is 0. The molecule has 5 rings (SSSR count). The lowest BCUT2D eigenvalue weighted by atomic mass is 9.97. The van der Waals surface area contributed by atoms with E-state index >= 15 is 0 Å². The molecule has 9 heteroatoms. The molecular weight excluding hydrogens is 448 g/mol. The van der Waals surface area contributed by atoms with Gasteiger partial charge in [-0.25, -0.2) is 4.98 Å². The van der Waals surface area contributed by atoms with Crippen LogP contribution in [0.1, 0.15) is 60.6 Å². The van der Waals surface area contributed by atoms with Crippen molar-refractivity contribution in [1.82, 2.24) is 9.55 Å². The molecular formula is C22H22N4O2S3. The first kappa shape index (κ1) is 20.7. The SMILES string of the molecule is N#Cc1ccsc1NC(=O)CSc1nc2sc3c(c2c(=O)n1C1CCCC1)CCCC3. The van der Waals surface area contributed by atoms with Crippen LogP contribution in [0, 0.1) is 11.3 Å². The number of hydrogen-bond donors (Lipinski definition) is 1. The van der Waals surface area contributed by atoms with Crippen LogP contribution >= 0.6 is 34.4 Å². The van der Waals surface area contributed by atoms with Crippen LogP contribution < -0.4 is 10.9 Å². The fraction of sp³-hybridized carbons (Fsp3) is 0.455. The van der Waals surface area contributed by atoms with Gasteiger partial charge in [-0.15, -0.1) is 22.7 Å². The lowest BCUT2D eigenvalue weighted by Crippen LogP contribution is -2.27. The number of rotatable bonds is 5. The number of hydrogen-bond acceptors (Lipinski definition) is 7. The molecule has 3 aromatic heterocycles. The van der Waals surface area contributed by atoms with Crippen LogP contribution in [0.25, 0.3) is 10.2 Å². The smallest absolute Gasteiger partial charge is 0.263 e. The van der Waals surface area contributed by atoms with Crippen molar-refractivity contribution in [1.29, 1.82) is 5.26 Å². The maximum absolute atomic E-state index is 13.6. The van der Waals surface area contributed by atoms with Gasteiger partial charge in [0.05, 0.1) is 16.7 Å². The number of nitrogens with one attached hydrogen (secondary N) is 1. The first-order valence-electron chi connectivity index (χ1n) is 10.6. The van der Waals surface area contributed by atoms with Gasteiger partial charge in [-0.1, -0.05) is 24.6 Å². The standard InChI is InChI=1S/C22H22N4O2S3/c23-11-13-9-10-29-19(13)24-17(27)12-30-22-25-20-18(15-7-3-4-8-16(15)31-20)21(28)26(22)14-5-1-2-6-14/h9-10,14H,1-8,12H2,(H,24,27). The summed E-state index contributed by atoms with van der Waals surface area (Å²) in [5.41, 5.74) is 1.76. The summed E-state index contributed by atoms with van der Waals surface area (Å²) < 4.78 is 1.88. The number of carbonyl (C=O) groups is 1. The average molecular weight is 471 g/mol. The first-order valence-corrected chi connectivity index (χ1v) is 13.3. The van der Waals surface area contributed by atoms with Gasteiger partial charge in [0.1, 0.15) is 15.9 Å². The van der Waals surface area contributed by atoms with Crippen LogP contribution in [0.4, 0.5) is 5.00 Å². The van der Waals surface area contributed by atoms with Gasteiger partial charge in [0.2, 0.25) is 5.91 Å². The van der Waals surface area contributed by atoms with Crippen LogP contribution in [0.3, 0.4) is 0 Å². The predicted molar refractivity (Wildman–Crippen MR) is 126 cm³/mol. The topological polar surface area (TPSA) is 87.8 Å². The summed E-state index contributed by atoms with van der Waals surface area (Å²) in [5, 5.41) is 15.8. The molecule has 2 aliphatic rings. The number of amides is 1. The van der Waals surface area contributed by atoms with E-state index in [9.17, 15) is 9.59 Å². The van der Waals surface area contributed by atoms with E-state index < -0.39 is 0 Å². The van der Waals surface area contributed by atoms with Crippen LogP contribution in [-0.4, -0.2) is 21.2 Å². The van der Waals surface area contributed by atoms with Gasteiger partial charge in [-0.2, -0.15) is 5.26 Å². The minimum atomic E-state index is -0.193. The van der Waals surface area contributed by atoms with Gasteiger partial charge >= 0.3 is 0 Å². The molecule has 6 nitrogen and oxygen atoms in total. The zero-order valence-corrected chi connectivity index (χ0v) is 19.4. The first-order chi connectivity index (χ1) is 15.2. The number of thiophene rings is 2. The number of nitrogens with zero attached hydrogens (tertiary/aromatic N) is 3. The van der Waals surface area contributed by atoms with Gasteiger partial charge in [0.15, 0.2) is 5.16 Å². The van der Waals surface area contributed by atoms with Gasteiger partial charge in [-0.05, 0) is 55.5 Å². The number of fused-ring (bicyclic) bond motifs is 3. The number of carbonyl (C=O) groups excluding carboxylic acids is 1. The Hall–Kier alpha value is -2.15. The van der Waals surface area contributed by atoms with Crippen molar-refractivity contribution >= 4 is 55.6 Å². The van der Waals surface area contributed by atoms with E-state index in [2.05, 4.69) is 11.4 Å². The van der Waals surface area contributed by atoms with Crippen molar-refractivity contribution in [3.05, 3.63) is 37.8 Å². The number of nitriles is 1. The van der Waals surface area contributed by atoms with E-state index in [1.807, 2.05) is 4.57 Å². The Morgan fingerprint density at radius 3 is 2.90 bits per heavy atom. The normalized spacial score (nSPS) is 16.4. The third kappa shape index (κ3) is 3.93. The minimum absolute atomic E-state index is 0.0734. The van der Waals surface area contributed by atoms with Gasteiger partial charge in [-0.3, -0.25) is 14.2 Å². The lowest BCUT2D eigenvalue weighted by Gasteiger charge is -2.18. The molecule has 2 aliphatic carbocycles. The quantitative estimate of drug-likeness (QED) is 0.413. The Kier molecular flexibility index (Phi) is 5.87. The number of aromatic nitrogens is 2. The number of aryl methyl sites for hydroxylation is 2. The van der Waals surface area contributed by atoms with Crippen molar-refractivity contribution in [2.24, 2.45) is 0 Å². The van der Waals surface area contributed by atoms with E-state index in [1.165, 1.54) is 40.0 Å². The monoisotopic (exact) mass is 470 g/mol. The Morgan fingerprint density at radius 1 is 1.29 bits per heavy atom. The highest BCUT2D eigenvalue weighted by molar-refractivity contribution is 7.99. The maximum atomic E-state index is 13.6. The second kappa shape index (κ2) is 8.77. The zero-order valence-electron chi connectivity index (χ0n) is 17.0. The van der Waals surface area contributed by atoms with E-state index in [0.29, 0.717) is 15.7 Å². The summed E-state index contributed by atoms with van der Waals surface area (Å²) in [4.78, 5) is 33.2. The molecule has 1 amide bonds. The lowest BCUT2D eigenvalue weighted by molar-refractivity contribution is -0.113. The molecule has 3 heterocycles. The van der Waals surface area contributed by atoms with Crippen molar-refractivity contribution < 1.29 is 4.79 Å². The highest BCUT2D eigenvalue weighted by Crippen LogP contribution is 2.37. The Morgan fingerprint density at radius 2 is 2.10 bits per heavy atom. The minimum Gasteiger partial charge on any atom is -0.316 e. The van der Waals surface area contributed by atoms with Crippen LogP contribution in [0.15, 0.2) is 21.4 Å². The third-order valence-corrected chi connectivity index (χ3v) is 9.02. The van der Waals surface area contributed by atoms with E-state index in [1.54, 1.807) is 22.8 Å². The summed E-state index contributed by atoms with van der Waals surface area (Å²) in [5.74, 6) is -0.0415. The summed E-state index contributed by atoms with van der Waals surface area (Å²) in [6, 6.07) is 3.94. The highest BCUT2D eigenvalue weighted by atomic mass is 32.2. The number of thioether (sulfide) groups is 1. The molecule has 0 saturated heterocycles. The zero-order chi connectivity index (χ0) is 21.4. The second-order valence-electron chi connectivity index (χ2n) is 8.01. The van der Waals surface area contributed by atoms with Gasteiger partial charge in [0.25, 0.3) is 5.56 Å². The molecule has 1 N–H and O–H groups in total. The molecule has 0 aliphatic heterocycles. The molecule has 160 valence electrons. The van der Waals surface area contributed by atoms with Gasteiger partial charge in [0, 0.05) is 10.9 Å². The Balaban J connectivity index is 1.47. The average Bonchev–Trinajstić information content (AvgIpc) is 3.51. The highest BCUT2D eigenvalue weighted by Gasteiger charge is 2.27. The molecule has 0 bridgehead atoms. The third-order valence-electron chi connectivity index (χ3n) is 6.05. The molecule has 0 atom stereocenters. The summed E-state index contributed by atoms with van der Waals surface area (Å²) in [6.07, 6.45) is 8.52. The Labute approximate surface area is 192 Å². The molecule has 0 aromatic carbocycles. The van der Waals surface area contributed by atoms with Crippen LogP contribution in [0.2, 0.25) is 0 Å². The van der Waals surface area contributed by atoms with Crippen molar-refractivity contribution in [3.8, 4) is 6.07 Å². The van der Waals surface area contributed by atoms with Crippen molar-refractivity contribution in [2.45, 2.75) is 62.6 Å². The number of anilines is 1. The fourth-order valence-electron chi connectivity index (χ4n) is 4.57. The van der Waals surface area contributed by atoms with E-state index in [-0.39, 0.29) is 23.3 Å². The molecule has 31 heavy (non-hydrogen) atoms. The van der Waals surface area contributed by atoms with E-state index in [4.69, 9.17) is 10.2 Å². The van der Waals surface area contributed by atoms with Crippen LogP contribution in [0.5, 0.6) is 0 Å². The maximum Gasteiger partial charge on any atom is 0.263 e. The largest absolute Gasteiger partial charge is 0.316 e. The second-order valence-corrected chi connectivity index (χ2v) is 11.0. The Bertz CT molecular complexity index is 1240. The van der Waals surface area contributed by atoms with Crippen molar-refractivity contribution in [3.63, 3.8) is 0 Å². The molecule has 0 spiro atoms. The fourth-order valence-corrected chi connectivity index (χ4v) is 7.49. The molecule has 1 saturated carbocycles. The molecule has 3 aromatic rings. The van der Waals surface area contributed by atoms with Crippen molar-refractivity contribution in [2.75, 3.05) is 11.1 Å². The van der Waals surface area contributed by atoms with Gasteiger partial charge < -0.3 is 5.32 Å². The molecule has 0 unspecified atom stereocenters. The summed E-state index contributed by atoms with van der Waals surface area (Å²) in [7, 11) is 0.